The molecule has 0 saturated carbocycles. The van der Waals surface area contributed by atoms with Crippen LogP contribution in [0.25, 0.3) is 17.2 Å². The van der Waals surface area contributed by atoms with E-state index in [9.17, 15) is 4.79 Å². The molecule has 3 rings (SSSR count). The van der Waals surface area contributed by atoms with Gasteiger partial charge in [-0.25, -0.2) is 0 Å². The Morgan fingerprint density at radius 3 is 2.23 bits per heavy atom. The minimum atomic E-state index is 0.116. The molecule has 234 valence electrons. The summed E-state index contributed by atoms with van der Waals surface area (Å²) in [6.07, 6.45) is 19.0. The molecule has 1 atom stereocenters. The van der Waals surface area contributed by atoms with Gasteiger partial charge in [0.2, 0.25) is 0 Å². The Bertz CT molecular complexity index is 1240. The van der Waals surface area contributed by atoms with Gasteiger partial charge in [0, 0.05) is 37.5 Å². The van der Waals surface area contributed by atoms with Gasteiger partial charge in [0.25, 0.3) is 0 Å². The average molecular weight is 603 g/mol. The molecule has 0 N–H and O–H groups in total. The molecule has 1 fully saturated rings. The van der Waals surface area contributed by atoms with Gasteiger partial charge in [-0.3, -0.25) is 9.69 Å². The van der Waals surface area contributed by atoms with Crippen molar-refractivity contribution in [2.45, 2.75) is 92.7 Å². The van der Waals surface area contributed by atoms with E-state index in [1.807, 2.05) is 6.08 Å². The molecular weight excluding hydrogens is 548 g/mol. The molecule has 0 aliphatic carbocycles. The second-order valence-corrected chi connectivity index (χ2v) is 13.0. The molecule has 1 aromatic carbocycles. The minimum Gasteiger partial charge on any atom is -0.475 e. The molecule has 0 bridgehead atoms. The van der Waals surface area contributed by atoms with E-state index in [0.29, 0.717) is 0 Å². The van der Waals surface area contributed by atoms with Crippen LogP contribution < -0.4 is 4.74 Å². The monoisotopic (exact) mass is 602 g/mol. The first kappa shape index (κ1) is 34.8. The summed E-state index contributed by atoms with van der Waals surface area (Å²) in [6.45, 7) is 18.7. The Hall–Kier alpha value is -2.73. The first-order chi connectivity index (χ1) is 20.8. The third-order valence-electron chi connectivity index (χ3n) is 8.24. The van der Waals surface area contributed by atoms with Gasteiger partial charge in [0.1, 0.15) is 12.0 Å². The van der Waals surface area contributed by atoms with Crippen LogP contribution in [0.2, 0.25) is 0 Å². The number of hydrogen-bond acceptors (Lipinski definition) is 5. The number of likely N-dealkylation sites (N-methyl/N-ethyl adjacent to an activating group) is 1. The zero-order valence-corrected chi connectivity index (χ0v) is 28.3. The lowest BCUT2D eigenvalue weighted by Gasteiger charge is -2.38. The highest BCUT2D eigenvalue weighted by Crippen LogP contribution is 2.35. The molecule has 43 heavy (non-hydrogen) atoms. The summed E-state index contributed by atoms with van der Waals surface area (Å²) in [4.78, 5) is 17.5. The second kappa shape index (κ2) is 18.8. The van der Waals surface area contributed by atoms with Gasteiger partial charge in [-0.1, -0.05) is 67.3 Å². The Morgan fingerprint density at radius 2 is 1.60 bits per heavy atom. The van der Waals surface area contributed by atoms with E-state index in [1.165, 1.54) is 27.2 Å². The van der Waals surface area contributed by atoms with E-state index >= 15 is 0 Å². The third-order valence-corrected chi connectivity index (χ3v) is 9.27. The second-order valence-electron chi connectivity index (χ2n) is 12.0. The maximum atomic E-state index is 11.2. The van der Waals surface area contributed by atoms with Gasteiger partial charge in [-0.2, -0.15) is 0 Å². The van der Waals surface area contributed by atoms with E-state index in [-0.39, 0.29) is 6.23 Å². The molecule has 0 spiro atoms. The fourth-order valence-electron chi connectivity index (χ4n) is 5.51. The van der Waals surface area contributed by atoms with Crippen LogP contribution in [0.3, 0.4) is 0 Å². The van der Waals surface area contributed by atoms with Gasteiger partial charge < -0.3 is 9.64 Å². The van der Waals surface area contributed by atoms with Crippen molar-refractivity contribution in [1.82, 2.24) is 9.80 Å². The van der Waals surface area contributed by atoms with Crippen LogP contribution in [-0.2, 0) is 11.2 Å². The number of benzene rings is 1. The summed E-state index contributed by atoms with van der Waals surface area (Å²) in [5.74, 6) is 0.917. The SMILES string of the molecule is CCCC(Oc1ccc(-c2csc(CC=C(C)CCC=C(C)CCC=C(C)C)c2C=CC=O)cc1)N1CCN(CC)CC1. The summed E-state index contributed by atoms with van der Waals surface area (Å²) in [5.41, 5.74) is 7.74. The predicted molar refractivity (Wildman–Crippen MR) is 187 cm³/mol. The van der Waals surface area contributed by atoms with Crippen LogP contribution in [0.1, 0.15) is 90.5 Å². The van der Waals surface area contributed by atoms with E-state index in [4.69, 9.17) is 4.74 Å². The highest BCUT2D eigenvalue weighted by molar-refractivity contribution is 7.10. The number of thiophene rings is 1. The Balaban J connectivity index is 1.65. The van der Waals surface area contributed by atoms with Crippen molar-refractivity contribution in [2.24, 2.45) is 0 Å². The third kappa shape index (κ3) is 11.7. The summed E-state index contributed by atoms with van der Waals surface area (Å²) in [6, 6.07) is 8.52. The number of nitrogens with zero attached hydrogens (tertiary/aromatic N) is 2. The minimum absolute atomic E-state index is 0.116. The smallest absolute Gasteiger partial charge is 0.152 e. The first-order valence-electron chi connectivity index (χ1n) is 16.2. The summed E-state index contributed by atoms with van der Waals surface area (Å²) in [5, 5.41) is 2.23. The average Bonchev–Trinajstić information content (AvgIpc) is 3.41. The molecule has 1 unspecified atom stereocenters. The number of carbonyl (C=O) groups excluding carboxylic acids is 1. The summed E-state index contributed by atoms with van der Waals surface area (Å²) < 4.78 is 6.53. The van der Waals surface area contributed by atoms with Crippen LogP contribution in [0.4, 0.5) is 0 Å². The quantitative estimate of drug-likeness (QED) is 0.103. The molecule has 1 aliphatic heterocycles. The van der Waals surface area contributed by atoms with E-state index in [0.717, 1.165) is 101 Å². The van der Waals surface area contributed by atoms with Crippen molar-refractivity contribution in [3.63, 3.8) is 0 Å². The van der Waals surface area contributed by atoms with E-state index < -0.39 is 0 Å². The lowest BCUT2D eigenvalue weighted by molar-refractivity contribution is -0.104. The van der Waals surface area contributed by atoms with Gasteiger partial charge in [-0.15, -0.1) is 11.3 Å². The van der Waals surface area contributed by atoms with Gasteiger partial charge in [0.05, 0.1) is 0 Å². The van der Waals surface area contributed by atoms with Crippen molar-refractivity contribution in [2.75, 3.05) is 32.7 Å². The molecule has 1 aliphatic rings. The zero-order valence-electron chi connectivity index (χ0n) is 27.5. The van der Waals surface area contributed by atoms with Crippen LogP contribution >= 0.6 is 11.3 Å². The molecule has 2 heterocycles. The van der Waals surface area contributed by atoms with Crippen molar-refractivity contribution in [1.29, 1.82) is 0 Å². The Labute approximate surface area is 265 Å². The highest BCUT2D eigenvalue weighted by atomic mass is 32.1. The molecule has 0 radical (unpaired) electrons. The molecular formula is C38H54N2O2S. The number of ether oxygens (including phenoxy) is 1. The molecule has 5 heteroatoms. The number of piperazine rings is 1. The first-order valence-corrected chi connectivity index (χ1v) is 17.1. The summed E-state index contributed by atoms with van der Waals surface area (Å²) >= 11 is 1.77. The topological polar surface area (TPSA) is 32.8 Å². The zero-order chi connectivity index (χ0) is 31.0. The number of aldehydes is 1. The van der Waals surface area contributed by atoms with Crippen molar-refractivity contribution in [3.05, 3.63) is 81.1 Å². The molecule has 1 saturated heterocycles. The number of carbonyl (C=O) groups is 1. The van der Waals surface area contributed by atoms with E-state index in [1.54, 1.807) is 17.4 Å². The fourth-order valence-corrected chi connectivity index (χ4v) is 6.52. The van der Waals surface area contributed by atoms with Gasteiger partial charge in [0.15, 0.2) is 6.23 Å². The van der Waals surface area contributed by atoms with Crippen LogP contribution in [0.5, 0.6) is 5.75 Å². The van der Waals surface area contributed by atoms with Crippen LogP contribution in [0.15, 0.2) is 70.7 Å². The Kier molecular flexibility index (Phi) is 15.2. The number of rotatable bonds is 17. The molecule has 2 aromatic rings. The predicted octanol–water partition coefficient (Wildman–Crippen LogP) is 9.73. The number of allylic oxidation sites excluding steroid dienone is 7. The van der Waals surface area contributed by atoms with Crippen LogP contribution in [0, 0.1) is 0 Å². The normalized spacial score (nSPS) is 16.0. The van der Waals surface area contributed by atoms with Crippen molar-refractivity contribution >= 4 is 23.7 Å². The van der Waals surface area contributed by atoms with Crippen molar-refractivity contribution in [3.8, 4) is 16.9 Å². The lowest BCUT2D eigenvalue weighted by Crippen LogP contribution is -2.51. The van der Waals surface area contributed by atoms with Gasteiger partial charge in [-0.05, 0) is 113 Å². The van der Waals surface area contributed by atoms with E-state index in [2.05, 4.69) is 99.2 Å². The molecule has 0 amide bonds. The van der Waals surface area contributed by atoms with Gasteiger partial charge >= 0.3 is 0 Å². The molecule has 4 nitrogen and oxygen atoms in total. The van der Waals surface area contributed by atoms with Crippen LogP contribution in [-0.4, -0.2) is 55.0 Å². The fraction of sp³-hybridized carbons (Fsp3) is 0.500. The standard InChI is InChI=1S/C38H54N2O2S/c1-7-12-38(40-26-24-39(8-2)25-27-40)42-34-21-19-33(20-22-34)36-29-43-37(35(36)17-11-28-41)23-18-32(6)16-10-15-31(5)14-9-13-30(3)4/h11,13,15,17-22,28-29,38H,7-10,12,14,16,23-27H2,1-6H3. The lowest BCUT2D eigenvalue weighted by atomic mass is 10.0. The maximum Gasteiger partial charge on any atom is 0.152 e. The molecule has 1 aromatic heterocycles. The van der Waals surface area contributed by atoms with Crippen molar-refractivity contribution < 1.29 is 9.53 Å². The Morgan fingerprint density at radius 1 is 0.930 bits per heavy atom. The highest BCUT2D eigenvalue weighted by Gasteiger charge is 2.24. The summed E-state index contributed by atoms with van der Waals surface area (Å²) in [7, 11) is 0. The largest absolute Gasteiger partial charge is 0.475 e. The maximum absolute atomic E-state index is 11.2. The number of hydrogen-bond donors (Lipinski definition) is 0.